The van der Waals surface area contributed by atoms with E-state index in [1.54, 1.807) is 0 Å². The second-order valence-electron chi connectivity index (χ2n) is 4.75. The molecule has 0 aliphatic heterocycles. The molecule has 1 N–H and O–H groups in total. The molecule has 2 nitrogen and oxygen atoms in total. The van der Waals surface area contributed by atoms with Gasteiger partial charge in [0.05, 0.1) is 5.02 Å². The number of thiol groups is 1. The minimum absolute atomic E-state index is 0.166. The molecule has 6 heteroatoms. The number of hydrogen-bond donors (Lipinski definition) is 2. The molecule has 2 aromatic carbocycles. The van der Waals surface area contributed by atoms with Crippen molar-refractivity contribution < 1.29 is 13.6 Å². The van der Waals surface area contributed by atoms with Crippen LogP contribution in [0.1, 0.15) is 37.0 Å². The number of nitrogens with one attached hydrogen (secondary N) is 1. The normalized spacial score (nSPS) is 9.83. The van der Waals surface area contributed by atoms with E-state index in [9.17, 15) is 13.6 Å². The van der Waals surface area contributed by atoms with Crippen LogP contribution < -0.4 is 5.32 Å². The van der Waals surface area contributed by atoms with E-state index in [1.807, 2.05) is 0 Å². The van der Waals surface area contributed by atoms with Crippen LogP contribution in [0.15, 0.2) is 41.3 Å². The van der Waals surface area contributed by atoms with Crippen LogP contribution in [0.3, 0.4) is 0 Å². The molecule has 124 valence electrons. The Morgan fingerprint density at radius 2 is 1.74 bits per heavy atom. The van der Waals surface area contributed by atoms with Gasteiger partial charge in [0, 0.05) is 22.2 Å². The molecule has 0 unspecified atom stereocenters. The van der Waals surface area contributed by atoms with Crippen molar-refractivity contribution in [3.8, 4) is 0 Å². The largest absolute Gasteiger partial charge is 0.322 e. The zero-order valence-electron chi connectivity index (χ0n) is 12.9. The van der Waals surface area contributed by atoms with E-state index in [2.05, 4.69) is 31.8 Å². The first kappa shape index (κ1) is 19.5. The van der Waals surface area contributed by atoms with Gasteiger partial charge in [0.2, 0.25) is 0 Å². The SMILES string of the molecule is CCCC.O=C(Nc1ccc(F)c(F)c1)c1ccc(Cl)c(S)c1. The molecule has 1 amide bonds. The minimum atomic E-state index is -1.02. The summed E-state index contributed by atoms with van der Waals surface area (Å²) < 4.78 is 25.7. The molecule has 0 atom stereocenters. The highest BCUT2D eigenvalue weighted by atomic mass is 35.5. The summed E-state index contributed by atoms with van der Waals surface area (Å²) in [6, 6.07) is 7.65. The fourth-order valence-electron chi connectivity index (χ4n) is 1.43. The first-order chi connectivity index (χ1) is 10.9. The molecule has 0 spiro atoms. The second-order valence-corrected chi connectivity index (χ2v) is 5.64. The summed E-state index contributed by atoms with van der Waals surface area (Å²) >= 11 is 9.88. The summed E-state index contributed by atoms with van der Waals surface area (Å²) in [6.45, 7) is 4.36. The number of hydrogen-bond acceptors (Lipinski definition) is 2. The van der Waals surface area contributed by atoms with Crippen LogP contribution in [0.4, 0.5) is 14.5 Å². The highest BCUT2D eigenvalue weighted by molar-refractivity contribution is 7.80. The maximum atomic E-state index is 13.0. The lowest BCUT2D eigenvalue weighted by molar-refractivity contribution is 0.102. The lowest BCUT2D eigenvalue weighted by Gasteiger charge is -2.06. The van der Waals surface area contributed by atoms with Crippen LogP contribution in [0.25, 0.3) is 0 Å². The van der Waals surface area contributed by atoms with Crippen molar-refractivity contribution in [2.45, 2.75) is 31.6 Å². The average molecular weight is 358 g/mol. The molecular weight excluding hydrogens is 340 g/mol. The third-order valence-corrected chi connectivity index (χ3v) is 3.72. The van der Waals surface area contributed by atoms with Crippen molar-refractivity contribution in [3.05, 3.63) is 58.6 Å². The Bertz CT molecular complexity index is 678. The van der Waals surface area contributed by atoms with E-state index < -0.39 is 17.5 Å². The van der Waals surface area contributed by atoms with Gasteiger partial charge in [-0.1, -0.05) is 38.3 Å². The van der Waals surface area contributed by atoms with E-state index >= 15 is 0 Å². The Kier molecular flexibility index (Phi) is 8.06. The maximum absolute atomic E-state index is 13.0. The van der Waals surface area contributed by atoms with Gasteiger partial charge in [0.15, 0.2) is 11.6 Å². The molecule has 0 bridgehead atoms. The lowest BCUT2D eigenvalue weighted by Crippen LogP contribution is -2.12. The highest BCUT2D eigenvalue weighted by Crippen LogP contribution is 2.22. The predicted molar refractivity (Wildman–Crippen MR) is 93.6 cm³/mol. The standard InChI is InChI=1S/C13H8ClF2NOS.C4H10/c14-9-3-1-7(5-12(9)19)13(18)17-8-2-4-10(15)11(16)6-8;1-3-4-2/h1-6,19H,(H,17,18);3-4H2,1-2H3. The fraction of sp³-hybridized carbons (Fsp3) is 0.235. The smallest absolute Gasteiger partial charge is 0.255 e. The van der Waals surface area contributed by atoms with Gasteiger partial charge in [0.25, 0.3) is 5.91 Å². The number of anilines is 1. The van der Waals surface area contributed by atoms with Crippen LogP contribution in [0.5, 0.6) is 0 Å². The highest BCUT2D eigenvalue weighted by Gasteiger charge is 2.09. The zero-order valence-corrected chi connectivity index (χ0v) is 14.5. The molecule has 2 aromatic rings. The van der Waals surface area contributed by atoms with Gasteiger partial charge in [-0.25, -0.2) is 8.78 Å². The summed E-state index contributed by atoms with van der Waals surface area (Å²) in [6.07, 6.45) is 2.64. The molecule has 0 heterocycles. The van der Waals surface area contributed by atoms with Crippen LogP contribution in [0, 0.1) is 11.6 Å². The maximum Gasteiger partial charge on any atom is 0.255 e. The quantitative estimate of drug-likeness (QED) is 0.651. The Morgan fingerprint density at radius 3 is 2.26 bits per heavy atom. The van der Waals surface area contributed by atoms with Crippen LogP contribution in [-0.2, 0) is 0 Å². The summed E-state index contributed by atoms with van der Waals surface area (Å²) in [5, 5.41) is 2.87. The van der Waals surface area contributed by atoms with Gasteiger partial charge in [-0.2, -0.15) is 0 Å². The molecule has 0 aliphatic rings. The van der Waals surface area contributed by atoms with Crippen LogP contribution in [0.2, 0.25) is 5.02 Å². The molecule has 23 heavy (non-hydrogen) atoms. The van der Waals surface area contributed by atoms with Crippen molar-refractivity contribution in [3.63, 3.8) is 0 Å². The molecule has 0 aliphatic carbocycles. The van der Waals surface area contributed by atoms with Crippen molar-refractivity contribution in [2.24, 2.45) is 0 Å². The molecular formula is C17H18ClF2NOS. The second kappa shape index (κ2) is 9.53. The lowest BCUT2D eigenvalue weighted by atomic mass is 10.2. The summed E-state index contributed by atoms with van der Waals surface area (Å²) in [5.74, 6) is -2.45. The van der Waals surface area contributed by atoms with Crippen molar-refractivity contribution in [2.75, 3.05) is 5.32 Å². The fourth-order valence-corrected chi connectivity index (χ4v) is 1.76. The topological polar surface area (TPSA) is 29.1 Å². The number of halogens is 3. The van der Waals surface area contributed by atoms with Crippen molar-refractivity contribution in [1.82, 2.24) is 0 Å². The number of carbonyl (C=O) groups excluding carboxylic acids is 1. The Hall–Kier alpha value is -1.59. The summed E-state index contributed by atoms with van der Waals surface area (Å²) in [4.78, 5) is 12.3. The zero-order chi connectivity index (χ0) is 17.4. The average Bonchev–Trinajstić information content (AvgIpc) is 2.53. The molecule has 0 saturated carbocycles. The van der Waals surface area contributed by atoms with Crippen molar-refractivity contribution >= 4 is 35.8 Å². The molecule has 0 aromatic heterocycles. The molecule has 0 radical (unpaired) electrons. The first-order valence-corrected chi connectivity index (χ1v) is 7.96. The van der Waals surface area contributed by atoms with Crippen LogP contribution in [-0.4, -0.2) is 5.91 Å². The van der Waals surface area contributed by atoms with Gasteiger partial charge >= 0.3 is 0 Å². The summed E-state index contributed by atoms with van der Waals surface area (Å²) in [5.41, 5.74) is 0.485. The molecule has 0 saturated heterocycles. The molecule has 2 rings (SSSR count). The molecule has 0 fully saturated rings. The Morgan fingerprint density at radius 1 is 1.09 bits per heavy atom. The number of rotatable bonds is 3. The van der Waals surface area contributed by atoms with Crippen molar-refractivity contribution in [1.29, 1.82) is 0 Å². The van der Waals surface area contributed by atoms with Gasteiger partial charge in [0.1, 0.15) is 0 Å². The number of benzene rings is 2. The Balaban J connectivity index is 0.000000593. The summed E-state index contributed by atoms with van der Waals surface area (Å²) in [7, 11) is 0. The van der Waals surface area contributed by atoms with E-state index in [0.717, 1.165) is 12.1 Å². The number of unbranched alkanes of at least 4 members (excludes halogenated alkanes) is 1. The third-order valence-electron chi connectivity index (χ3n) is 2.89. The van der Waals surface area contributed by atoms with Gasteiger partial charge in [-0.3, -0.25) is 4.79 Å². The van der Waals surface area contributed by atoms with Gasteiger partial charge < -0.3 is 5.32 Å². The van der Waals surface area contributed by atoms with E-state index in [4.69, 9.17) is 11.6 Å². The number of amides is 1. The van der Waals surface area contributed by atoms with Gasteiger partial charge in [-0.15, -0.1) is 12.6 Å². The third kappa shape index (κ3) is 6.20. The van der Waals surface area contributed by atoms with Gasteiger partial charge in [-0.05, 0) is 30.3 Å². The first-order valence-electron chi connectivity index (χ1n) is 7.13. The van der Waals surface area contributed by atoms with E-state index in [1.165, 1.54) is 37.1 Å². The predicted octanol–water partition coefficient (Wildman–Crippen LogP) is 5.97. The monoisotopic (exact) mass is 357 g/mol. The number of carbonyl (C=O) groups is 1. The minimum Gasteiger partial charge on any atom is -0.322 e. The van der Waals surface area contributed by atoms with E-state index in [-0.39, 0.29) is 5.69 Å². The Labute approximate surface area is 145 Å². The van der Waals surface area contributed by atoms with Crippen LogP contribution >= 0.6 is 24.2 Å². The van der Waals surface area contributed by atoms with E-state index in [0.29, 0.717) is 15.5 Å².